The maximum Gasteiger partial charge on any atom is 0.537 e. The van der Waals surface area contributed by atoms with E-state index in [1.807, 2.05) is 0 Å². The van der Waals surface area contributed by atoms with Crippen molar-refractivity contribution in [3.8, 4) is 0 Å². The second-order valence-corrected chi connectivity index (χ2v) is 3.72. The minimum atomic E-state index is -1.26. The van der Waals surface area contributed by atoms with Gasteiger partial charge in [0.25, 0.3) is 18.1 Å². The molecule has 0 aromatic carbocycles. The molecule has 2 amide bonds. The van der Waals surface area contributed by atoms with Gasteiger partial charge in [0.15, 0.2) is 0 Å². The van der Waals surface area contributed by atoms with Gasteiger partial charge in [-0.15, -0.1) is 0 Å². The number of amides is 2. The molecule has 8 nitrogen and oxygen atoms in total. The lowest BCUT2D eigenvalue weighted by atomic mass is 10.4. The number of hydrogen-bond donors (Lipinski definition) is 0. The standard InChI is InChI=1S/C11H15NO7/c1-3-9(15)17-10(4-2)18-11(16)19-12-7(13)5-6-8(12)14/h10H,3-6H2,1-2H3. The lowest BCUT2D eigenvalue weighted by Crippen LogP contribution is -2.34. The van der Waals surface area contributed by atoms with Gasteiger partial charge in [-0.25, -0.2) is 4.79 Å². The third-order valence-corrected chi connectivity index (χ3v) is 2.28. The normalized spacial score (nSPS) is 16.2. The highest BCUT2D eigenvalue weighted by Gasteiger charge is 2.34. The van der Waals surface area contributed by atoms with Crippen molar-refractivity contribution in [3.05, 3.63) is 0 Å². The van der Waals surface area contributed by atoms with E-state index in [0.29, 0.717) is 5.06 Å². The van der Waals surface area contributed by atoms with Crippen LogP contribution in [0.5, 0.6) is 0 Å². The number of esters is 1. The van der Waals surface area contributed by atoms with Crippen LogP contribution in [0.25, 0.3) is 0 Å². The monoisotopic (exact) mass is 273 g/mol. The molecule has 1 aliphatic rings. The maximum absolute atomic E-state index is 11.3. The van der Waals surface area contributed by atoms with E-state index in [1.54, 1.807) is 13.8 Å². The second kappa shape index (κ2) is 6.72. The molecule has 0 spiro atoms. The lowest BCUT2D eigenvalue weighted by Gasteiger charge is -2.17. The van der Waals surface area contributed by atoms with Crippen LogP contribution < -0.4 is 0 Å². The molecule has 0 saturated carbocycles. The molecule has 1 atom stereocenters. The number of rotatable bonds is 5. The first-order valence-corrected chi connectivity index (χ1v) is 5.91. The van der Waals surface area contributed by atoms with Crippen LogP contribution in [0.4, 0.5) is 4.79 Å². The number of hydroxylamine groups is 2. The Morgan fingerprint density at radius 1 is 1.16 bits per heavy atom. The molecule has 8 heteroatoms. The van der Waals surface area contributed by atoms with Crippen molar-refractivity contribution in [2.75, 3.05) is 0 Å². The summed E-state index contributed by atoms with van der Waals surface area (Å²) in [7, 11) is 0. The first-order chi connectivity index (χ1) is 8.97. The molecule has 1 heterocycles. The molecule has 106 valence electrons. The smallest absolute Gasteiger partial charge is 0.425 e. The van der Waals surface area contributed by atoms with E-state index in [0.717, 1.165) is 0 Å². The third-order valence-electron chi connectivity index (χ3n) is 2.28. The number of imide groups is 1. The van der Waals surface area contributed by atoms with E-state index in [2.05, 4.69) is 9.57 Å². The predicted octanol–water partition coefficient (Wildman–Crippen LogP) is 0.893. The summed E-state index contributed by atoms with van der Waals surface area (Å²) in [5, 5.41) is 0.358. The molecular weight excluding hydrogens is 258 g/mol. The molecule has 0 radical (unpaired) electrons. The number of carbonyl (C=O) groups is 4. The summed E-state index contributed by atoms with van der Waals surface area (Å²) >= 11 is 0. The molecule has 0 aromatic rings. The average molecular weight is 273 g/mol. The van der Waals surface area contributed by atoms with Gasteiger partial charge in [0.05, 0.1) is 0 Å². The zero-order chi connectivity index (χ0) is 14.4. The Bertz CT molecular complexity index is 377. The van der Waals surface area contributed by atoms with Crippen molar-refractivity contribution >= 4 is 23.9 Å². The fourth-order valence-corrected chi connectivity index (χ4v) is 1.28. The van der Waals surface area contributed by atoms with E-state index >= 15 is 0 Å². The lowest BCUT2D eigenvalue weighted by molar-refractivity contribution is -0.193. The Morgan fingerprint density at radius 2 is 1.74 bits per heavy atom. The van der Waals surface area contributed by atoms with Crippen LogP contribution in [0.2, 0.25) is 0 Å². The zero-order valence-corrected chi connectivity index (χ0v) is 10.7. The molecule has 1 unspecified atom stereocenters. The number of hydrogen-bond acceptors (Lipinski definition) is 7. The summed E-state index contributed by atoms with van der Waals surface area (Å²) in [6.07, 6.45) is -2.02. The Labute approximate surface area is 109 Å². The molecule has 0 N–H and O–H groups in total. The van der Waals surface area contributed by atoms with Gasteiger partial charge >= 0.3 is 12.1 Å². The van der Waals surface area contributed by atoms with Crippen LogP contribution in [0.3, 0.4) is 0 Å². The van der Waals surface area contributed by atoms with E-state index in [-0.39, 0.29) is 25.7 Å². The van der Waals surface area contributed by atoms with Gasteiger partial charge < -0.3 is 9.47 Å². The Hall–Kier alpha value is -2.12. The summed E-state index contributed by atoms with van der Waals surface area (Å²) in [6, 6.07) is 0. The summed E-state index contributed by atoms with van der Waals surface area (Å²) in [4.78, 5) is 49.2. The third kappa shape index (κ3) is 4.23. The van der Waals surface area contributed by atoms with Crippen molar-refractivity contribution in [3.63, 3.8) is 0 Å². The molecule has 0 bridgehead atoms. The summed E-state index contributed by atoms with van der Waals surface area (Å²) in [5.41, 5.74) is 0. The van der Waals surface area contributed by atoms with Crippen LogP contribution >= 0.6 is 0 Å². The minimum absolute atomic E-state index is 0.00581. The topological polar surface area (TPSA) is 99.2 Å². The summed E-state index contributed by atoms with van der Waals surface area (Å²) < 4.78 is 9.47. The predicted molar refractivity (Wildman–Crippen MR) is 59.1 cm³/mol. The molecule has 0 aromatic heterocycles. The number of carbonyl (C=O) groups excluding carboxylic acids is 4. The highest BCUT2D eigenvalue weighted by Crippen LogP contribution is 2.13. The fraction of sp³-hybridized carbons (Fsp3) is 0.636. The number of ether oxygens (including phenoxy) is 2. The largest absolute Gasteiger partial charge is 0.537 e. The first kappa shape index (κ1) is 14.9. The quantitative estimate of drug-likeness (QED) is 0.416. The summed E-state index contributed by atoms with van der Waals surface area (Å²) in [5.74, 6) is -1.76. The van der Waals surface area contributed by atoms with E-state index in [4.69, 9.17) is 4.74 Å². The van der Waals surface area contributed by atoms with Crippen LogP contribution in [0.15, 0.2) is 0 Å². The zero-order valence-electron chi connectivity index (χ0n) is 10.7. The van der Waals surface area contributed by atoms with Gasteiger partial charge in [-0.05, 0) is 0 Å². The van der Waals surface area contributed by atoms with Crippen LogP contribution in [0.1, 0.15) is 39.5 Å². The molecule has 1 saturated heterocycles. The highest BCUT2D eigenvalue weighted by molar-refractivity contribution is 6.01. The summed E-state index contributed by atoms with van der Waals surface area (Å²) in [6.45, 7) is 3.22. The van der Waals surface area contributed by atoms with Gasteiger partial charge in [-0.3, -0.25) is 19.2 Å². The fourth-order valence-electron chi connectivity index (χ4n) is 1.28. The van der Waals surface area contributed by atoms with Gasteiger partial charge in [0.2, 0.25) is 0 Å². The van der Waals surface area contributed by atoms with Gasteiger partial charge in [0.1, 0.15) is 0 Å². The number of nitrogens with zero attached hydrogens (tertiary/aromatic N) is 1. The Morgan fingerprint density at radius 3 is 2.21 bits per heavy atom. The molecule has 19 heavy (non-hydrogen) atoms. The first-order valence-electron chi connectivity index (χ1n) is 5.91. The van der Waals surface area contributed by atoms with Crippen molar-refractivity contribution in [1.82, 2.24) is 5.06 Å². The SMILES string of the molecule is CCC(=O)OC(CC)OC(=O)ON1C(=O)CCC1=O. The highest BCUT2D eigenvalue weighted by atomic mass is 16.9. The molecule has 0 aliphatic carbocycles. The van der Waals surface area contributed by atoms with Crippen LogP contribution in [-0.2, 0) is 28.7 Å². The van der Waals surface area contributed by atoms with Gasteiger partial charge in [-0.2, -0.15) is 0 Å². The van der Waals surface area contributed by atoms with Crippen LogP contribution in [0, 0.1) is 0 Å². The molecule has 1 rings (SSSR count). The Kier molecular flexibility index (Phi) is 5.28. The van der Waals surface area contributed by atoms with E-state index in [9.17, 15) is 19.2 Å². The van der Waals surface area contributed by atoms with Crippen molar-refractivity contribution in [1.29, 1.82) is 0 Å². The van der Waals surface area contributed by atoms with Crippen LogP contribution in [-0.4, -0.2) is 35.3 Å². The molecule has 1 fully saturated rings. The molecule has 1 aliphatic heterocycles. The minimum Gasteiger partial charge on any atom is -0.425 e. The average Bonchev–Trinajstić information content (AvgIpc) is 2.69. The van der Waals surface area contributed by atoms with Gasteiger partial charge in [0, 0.05) is 25.7 Å². The van der Waals surface area contributed by atoms with Crippen molar-refractivity contribution in [2.45, 2.75) is 45.8 Å². The van der Waals surface area contributed by atoms with E-state index < -0.39 is 30.2 Å². The Balaban J connectivity index is 2.47. The van der Waals surface area contributed by atoms with Crippen molar-refractivity contribution < 1.29 is 33.5 Å². The second-order valence-electron chi connectivity index (χ2n) is 3.72. The molecular formula is C11H15NO7. The van der Waals surface area contributed by atoms with Crippen molar-refractivity contribution in [2.24, 2.45) is 0 Å². The van der Waals surface area contributed by atoms with E-state index in [1.165, 1.54) is 0 Å². The van der Waals surface area contributed by atoms with Gasteiger partial charge in [-0.1, -0.05) is 18.9 Å². The maximum atomic E-state index is 11.3.